The SMILES string of the molecule is N[NH+]([O-])OCC(CO[NH+](N)[O-])O[NH+](N)[O-]. The van der Waals surface area contributed by atoms with Crippen LogP contribution in [0.5, 0.6) is 0 Å². The van der Waals surface area contributed by atoms with Crippen molar-refractivity contribution in [2.24, 2.45) is 17.5 Å². The van der Waals surface area contributed by atoms with E-state index in [1.54, 1.807) is 0 Å². The second-order valence-corrected chi connectivity index (χ2v) is 2.32. The highest BCUT2D eigenvalue weighted by Crippen LogP contribution is 1.85. The van der Waals surface area contributed by atoms with E-state index in [9.17, 15) is 15.6 Å². The van der Waals surface area contributed by atoms with Crippen molar-refractivity contribution in [3.05, 3.63) is 15.6 Å². The van der Waals surface area contributed by atoms with Gasteiger partial charge in [-0.15, -0.1) is 33.5 Å². The fourth-order valence-corrected chi connectivity index (χ4v) is 0.631. The summed E-state index contributed by atoms with van der Waals surface area (Å²) in [6.45, 7) is -0.767. The molecule has 0 rings (SSSR count). The van der Waals surface area contributed by atoms with E-state index in [4.69, 9.17) is 5.84 Å². The molecule has 0 bridgehead atoms. The third kappa shape index (κ3) is 9.82. The Morgan fingerprint density at radius 3 is 1.53 bits per heavy atom. The summed E-state index contributed by atoms with van der Waals surface area (Å²) in [6.07, 6.45) is -1.04. The summed E-state index contributed by atoms with van der Waals surface area (Å²) in [4.78, 5) is 13.0. The molecule has 0 aromatic carbocycles. The molecule has 0 amide bonds. The second kappa shape index (κ2) is 7.77. The molecular weight excluding hydrogens is 216 g/mol. The van der Waals surface area contributed by atoms with Gasteiger partial charge in [-0.05, 0) is 0 Å². The zero-order chi connectivity index (χ0) is 11.8. The summed E-state index contributed by atoms with van der Waals surface area (Å²) in [5.41, 5.74) is 0. The maximum Gasteiger partial charge on any atom is 0.178 e. The zero-order valence-corrected chi connectivity index (χ0v) is 7.67. The first-order valence-electron chi connectivity index (χ1n) is 3.72. The summed E-state index contributed by atoms with van der Waals surface area (Å²) in [5, 5.41) is 27.6. The Morgan fingerprint density at radius 2 is 1.27 bits per heavy atom. The fraction of sp³-hybridized carbons (Fsp3) is 1.00. The lowest BCUT2D eigenvalue weighted by Crippen LogP contribution is -3.15. The molecule has 9 N–H and O–H groups in total. The molecule has 92 valence electrons. The Bertz CT molecular complexity index is 144. The lowest BCUT2D eigenvalue weighted by atomic mass is 10.4. The van der Waals surface area contributed by atoms with Crippen LogP contribution in [-0.4, -0.2) is 19.3 Å². The molecule has 0 aliphatic rings. The van der Waals surface area contributed by atoms with Gasteiger partial charge < -0.3 is 15.6 Å². The first kappa shape index (κ1) is 14.5. The molecule has 12 heteroatoms. The molecule has 0 heterocycles. The van der Waals surface area contributed by atoms with Crippen molar-refractivity contribution in [2.45, 2.75) is 6.10 Å². The van der Waals surface area contributed by atoms with E-state index in [2.05, 4.69) is 26.2 Å². The Kier molecular flexibility index (Phi) is 7.52. The summed E-state index contributed by atoms with van der Waals surface area (Å²) >= 11 is 0. The van der Waals surface area contributed by atoms with Gasteiger partial charge in [0.1, 0.15) is 13.2 Å². The maximum absolute atomic E-state index is 10.4. The summed E-state index contributed by atoms with van der Waals surface area (Å²) in [5.74, 6) is 14.0. The number of hydrogen-bond acceptors (Lipinski definition) is 9. The van der Waals surface area contributed by atoms with Crippen LogP contribution in [0.1, 0.15) is 0 Å². The normalized spacial score (nSPS) is 19.6. The van der Waals surface area contributed by atoms with Gasteiger partial charge in [0.15, 0.2) is 6.10 Å². The monoisotopic (exact) mass is 230 g/mol. The van der Waals surface area contributed by atoms with Crippen LogP contribution in [0.2, 0.25) is 0 Å². The lowest BCUT2D eigenvalue weighted by molar-refractivity contribution is -1.09. The molecular formula is C3H14N6O6. The number of hydrogen-bond donors (Lipinski definition) is 6. The van der Waals surface area contributed by atoms with Crippen molar-refractivity contribution < 1.29 is 30.5 Å². The quantitative estimate of drug-likeness (QED) is 0.174. The number of quaternary nitrogens is 3. The van der Waals surface area contributed by atoms with E-state index in [1.165, 1.54) is 0 Å². The average Bonchev–Trinajstić information content (AvgIpc) is 2.08. The molecule has 15 heavy (non-hydrogen) atoms. The van der Waals surface area contributed by atoms with Crippen LogP contribution in [0.4, 0.5) is 0 Å². The summed E-state index contributed by atoms with van der Waals surface area (Å²) in [7, 11) is 0. The van der Waals surface area contributed by atoms with Crippen LogP contribution in [0, 0.1) is 15.6 Å². The fourth-order valence-electron chi connectivity index (χ4n) is 0.631. The zero-order valence-electron chi connectivity index (χ0n) is 7.67. The smallest absolute Gasteiger partial charge is 0.178 e. The molecule has 0 saturated heterocycles. The van der Waals surface area contributed by atoms with Gasteiger partial charge in [0.25, 0.3) is 0 Å². The predicted octanol–water partition coefficient (Wildman–Crippen LogP) is -7.08. The van der Waals surface area contributed by atoms with Crippen LogP contribution in [0.25, 0.3) is 0 Å². The van der Waals surface area contributed by atoms with Crippen molar-refractivity contribution in [1.29, 1.82) is 0 Å². The minimum atomic E-state index is -1.11. The molecule has 0 aromatic rings. The minimum Gasteiger partial charge on any atom is -0.580 e. The highest BCUT2D eigenvalue weighted by atomic mass is 16.9. The lowest BCUT2D eigenvalue weighted by Gasteiger charge is -2.22. The van der Waals surface area contributed by atoms with E-state index < -0.39 is 22.1 Å². The first-order chi connectivity index (χ1) is 6.91. The molecule has 0 radical (unpaired) electrons. The topological polar surface area (TPSA) is 188 Å². The number of nitrogens with two attached hydrogens (primary N) is 3. The van der Waals surface area contributed by atoms with E-state index in [-0.39, 0.29) is 13.2 Å². The Hall–Kier alpha value is -0.480. The Labute approximate surface area is 84.1 Å². The standard InChI is InChI=1S/C3H14N6O6/c4-7(10)13-1-3(15-9(6)12)2-14-8(5)11/h3,7-9H,1-2,4-6H2. The molecule has 0 aliphatic heterocycles. The average molecular weight is 230 g/mol. The van der Waals surface area contributed by atoms with E-state index >= 15 is 0 Å². The van der Waals surface area contributed by atoms with Crippen LogP contribution in [0.15, 0.2) is 0 Å². The molecule has 3 unspecified atom stereocenters. The molecule has 3 atom stereocenters. The van der Waals surface area contributed by atoms with Gasteiger partial charge in [0.2, 0.25) is 0 Å². The molecule has 0 aliphatic carbocycles. The van der Waals surface area contributed by atoms with Gasteiger partial charge in [-0.1, -0.05) is 0 Å². The third-order valence-electron chi connectivity index (χ3n) is 1.11. The largest absolute Gasteiger partial charge is 0.580 e. The third-order valence-corrected chi connectivity index (χ3v) is 1.11. The van der Waals surface area contributed by atoms with Gasteiger partial charge in [0, 0.05) is 0 Å². The molecule has 0 saturated carbocycles. The van der Waals surface area contributed by atoms with E-state index in [1.807, 2.05) is 0 Å². The van der Waals surface area contributed by atoms with E-state index in [0.717, 1.165) is 0 Å². The Morgan fingerprint density at radius 1 is 0.867 bits per heavy atom. The van der Waals surface area contributed by atoms with E-state index in [0.29, 0.717) is 0 Å². The van der Waals surface area contributed by atoms with Crippen LogP contribution < -0.4 is 33.5 Å². The molecule has 0 spiro atoms. The second-order valence-electron chi connectivity index (χ2n) is 2.32. The van der Waals surface area contributed by atoms with Crippen LogP contribution in [0.3, 0.4) is 0 Å². The summed E-state index contributed by atoms with van der Waals surface area (Å²) < 4.78 is 0. The van der Waals surface area contributed by atoms with Crippen LogP contribution >= 0.6 is 0 Å². The first-order valence-corrected chi connectivity index (χ1v) is 3.72. The van der Waals surface area contributed by atoms with Gasteiger partial charge >= 0.3 is 0 Å². The predicted molar refractivity (Wildman–Crippen MR) is 42.3 cm³/mol. The minimum absolute atomic E-state index is 0.383. The van der Waals surface area contributed by atoms with Gasteiger partial charge in [-0.3, -0.25) is 0 Å². The molecule has 0 fully saturated rings. The van der Waals surface area contributed by atoms with Gasteiger partial charge in [0.05, 0.1) is 0 Å². The van der Waals surface area contributed by atoms with Crippen LogP contribution in [-0.2, 0) is 14.5 Å². The molecule has 12 nitrogen and oxygen atoms in total. The summed E-state index contributed by atoms with van der Waals surface area (Å²) in [6, 6.07) is 0. The van der Waals surface area contributed by atoms with Crippen molar-refractivity contribution in [1.82, 2.24) is 0 Å². The van der Waals surface area contributed by atoms with Gasteiger partial charge in [-0.25, -0.2) is 0 Å². The number of rotatable bonds is 8. The van der Waals surface area contributed by atoms with Crippen molar-refractivity contribution in [2.75, 3.05) is 13.2 Å². The van der Waals surface area contributed by atoms with Crippen molar-refractivity contribution in [3.63, 3.8) is 0 Å². The van der Waals surface area contributed by atoms with Crippen molar-refractivity contribution >= 4 is 0 Å². The van der Waals surface area contributed by atoms with Crippen molar-refractivity contribution in [3.8, 4) is 0 Å². The Balaban J connectivity index is 3.84. The highest BCUT2D eigenvalue weighted by Gasteiger charge is 2.17. The van der Waals surface area contributed by atoms with Gasteiger partial charge in [-0.2, -0.15) is 14.5 Å². The maximum atomic E-state index is 10.4. The number of nitrogens with one attached hydrogen (secondary N) is 3. The molecule has 0 aromatic heterocycles. The highest BCUT2D eigenvalue weighted by molar-refractivity contribution is 4.48.